The van der Waals surface area contributed by atoms with Gasteiger partial charge in [0.2, 0.25) is 0 Å². The first-order chi connectivity index (χ1) is 9.10. The van der Waals surface area contributed by atoms with Gasteiger partial charge in [0.15, 0.2) is 0 Å². The van der Waals surface area contributed by atoms with Crippen LogP contribution in [-0.2, 0) is 6.42 Å². The van der Waals surface area contributed by atoms with E-state index in [0.29, 0.717) is 0 Å². The monoisotopic (exact) mass is 254 g/mol. The van der Waals surface area contributed by atoms with E-state index in [4.69, 9.17) is 0 Å². The second kappa shape index (κ2) is 5.98. The van der Waals surface area contributed by atoms with Crippen LogP contribution in [0.2, 0.25) is 0 Å². The van der Waals surface area contributed by atoms with Crippen LogP contribution in [0.3, 0.4) is 0 Å². The Morgan fingerprint density at radius 1 is 1.11 bits per heavy atom. The number of hydrogen-bond acceptors (Lipinski definition) is 2. The number of rotatable bonds is 4. The molecule has 1 unspecified atom stereocenters. The molecule has 0 fully saturated rings. The highest BCUT2D eigenvalue weighted by atomic mass is 14.9. The molecule has 1 aromatic heterocycles. The first-order valence-electron chi connectivity index (χ1n) is 6.76. The van der Waals surface area contributed by atoms with Gasteiger partial charge in [-0.15, -0.1) is 0 Å². The molecule has 0 saturated carbocycles. The van der Waals surface area contributed by atoms with Crippen molar-refractivity contribution in [3.63, 3.8) is 0 Å². The molecular weight excluding hydrogens is 232 g/mol. The van der Waals surface area contributed by atoms with E-state index in [9.17, 15) is 0 Å². The third-order valence-corrected chi connectivity index (χ3v) is 3.45. The van der Waals surface area contributed by atoms with Crippen LogP contribution in [0.25, 0.3) is 0 Å². The Morgan fingerprint density at radius 2 is 1.79 bits per heavy atom. The number of aromatic nitrogens is 1. The summed E-state index contributed by atoms with van der Waals surface area (Å²) >= 11 is 0. The van der Waals surface area contributed by atoms with Crippen LogP contribution >= 0.6 is 0 Å². The highest BCUT2D eigenvalue weighted by Gasteiger charge is 2.13. The zero-order valence-electron chi connectivity index (χ0n) is 12.2. The molecule has 2 aromatic rings. The van der Waals surface area contributed by atoms with Crippen LogP contribution in [0.1, 0.15) is 34.0 Å². The van der Waals surface area contributed by atoms with E-state index in [1.165, 1.54) is 22.3 Å². The van der Waals surface area contributed by atoms with E-state index < -0.39 is 0 Å². The van der Waals surface area contributed by atoms with Crippen molar-refractivity contribution < 1.29 is 0 Å². The molecule has 0 aliphatic rings. The summed E-state index contributed by atoms with van der Waals surface area (Å²) in [6.07, 6.45) is 2.84. The molecule has 1 aromatic carbocycles. The predicted octanol–water partition coefficient (Wildman–Crippen LogP) is 3.51. The molecule has 100 valence electrons. The van der Waals surface area contributed by atoms with E-state index in [1.807, 2.05) is 19.3 Å². The van der Waals surface area contributed by atoms with Crippen molar-refractivity contribution in [2.75, 3.05) is 7.05 Å². The van der Waals surface area contributed by atoms with Gasteiger partial charge in [0.1, 0.15) is 0 Å². The molecule has 19 heavy (non-hydrogen) atoms. The fourth-order valence-electron chi connectivity index (χ4n) is 2.62. The van der Waals surface area contributed by atoms with Crippen molar-refractivity contribution in [1.82, 2.24) is 10.3 Å². The van der Waals surface area contributed by atoms with Crippen molar-refractivity contribution >= 4 is 0 Å². The molecule has 0 bridgehead atoms. The highest BCUT2D eigenvalue weighted by molar-refractivity contribution is 5.31. The van der Waals surface area contributed by atoms with Gasteiger partial charge >= 0.3 is 0 Å². The first kappa shape index (κ1) is 13.8. The van der Waals surface area contributed by atoms with Gasteiger partial charge in [0.05, 0.1) is 11.7 Å². The predicted molar refractivity (Wildman–Crippen MR) is 80.4 cm³/mol. The molecule has 1 heterocycles. The Hall–Kier alpha value is -1.67. The summed E-state index contributed by atoms with van der Waals surface area (Å²) in [5.41, 5.74) is 6.39. The van der Waals surface area contributed by atoms with Crippen LogP contribution in [0.5, 0.6) is 0 Å². The van der Waals surface area contributed by atoms with Gasteiger partial charge in [-0.2, -0.15) is 0 Å². The minimum Gasteiger partial charge on any atom is -0.311 e. The largest absolute Gasteiger partial charge is 0.311 e. The maximum absolute atomic E-state index is 4.53. The number of likely N-dealkylation sites (N-methyl/N-ethyl adjacent to an activating group) is 1. The number of nitrogens with zero attached hydrogens (tertiary/aromatic N) is 1. The maximum Gasteiger partial charge on any atom is 0.0605 e. The summed E-state index contributed by atoms with van der Waals surface area (Å²) in [6.45, 7) is 6.42. The summed E-state index contributed by atoms with van der Waals surface area (Å²) in [5.74, 6) is 0. The minimum absolute atomic E-state index is 0.266. The molecule has 0 amide bonds. The standard InChI is InChI=1S/C17H22N2/c1-12-8-13(2)10-15(9-12)11-16(18-4)17-14(3)6-5-7-19-17/h5-10,16,18H,11H2,1-4H3. The van der Waals surface area contributed by atoms with Gasteiger partial charge in [-0.3, -0.25) is 4.98 Å². The van der Waals surface area contributed by atoms with Crippen molar-refractivity contribution in [2.24, 2.45) is 0 Å². The van der Waals surface area contributed by atoms with Gasteiger partial charge in [0, 0.05) is 6.20 Å². The smallest absolute Gasteiger partial charge is 0.0605 e. The lowest BCUT2D eigenvalue weighted by Crippen LogP contribution is -2.21. The fraction of sp³-hybridized carbons (Fsp3) is 0.353. The van der Waals surface area contributed by atoms with Gasteiger partial charge in [0.25, 0.3) is 0 Å². The van der Waals surface area contributed by atoms with Crippen molar-refractivity contribution in [3.8, 4) is 0 Å². The molecule has 0 aliphatic heterocycles. The molecule has 2 rings (SSSR count). The second-order valence-corrected chi connectivity index (χ2v) is 5.25. The van der Waals surface area contributed by atoms with Gasteiger partial charge in [-0.25, -0.2) is 0 Å². The lowest BCUT2D eigenvalue weighted by Gasteiger charge is -2.18. The van der Waals surface area contributed by atoms with Crippen LogP contribution in [0, 0.1) is 20.8 Å². The van der Waals surface area contributed by atoms with E-state index in [-0.39, 0.29) is 6.04 Å². The molecule has 0 saturated heterocycles. The molecule has 0 radical (unpaired) electrons. The average Bonchev–Trinajstić information content (AvgIpc) is 2.36. The molecule has 1 atom stereocenters. The SMILES string of the molecule is CNC(Cc1cc(C)cc(C)c1)c1ncccc1C. The Kier molecular flexibility index (Phi) is 4.33. The lowest BCUT2D eigenvalue weighted by atomic mass is 9.97. The second-order valence-electron chi connectivity index (χ2n) is 5.25. The van der Waals surface area contributed by atoms with Gasteiger partial charge in [-0.1, -0.05) is 35.4 Å². The first-order valence-corrected chi connectivity index (χ1v) is 6.76. The number of nitrogens with one attached hydrogen (secondary N) is 1. The molecule has 0 aliphatic carbocycles. The summed E-state index contributed by atoms with van der Waals surface area (Å²) in [6, 6.07) is 11.1. The van der Waals surface area contributed by atoms with E-state index in [2.05, 4.69) is 55.3 Å². The number of pyridine rings is 1. The summed E-state index contributed by atoms with van der Waals surface area (Å²) in [4.78, 5) is 4.53. The van der Waals surface area contributed by atoms with E-state index >= 15 is 0 Å². The van der Waals surface area contributed by atoms with Crippen LogP contribution < -0.4 is 5.32 Å². The number of benzene rings is 1. The minimum atomic E-state index is 0.266. The molecule has 1 N–H and O–H groups in total. The van der Waals surface area contributed by atoms with Crippen molar-refractivity contribution in [3.05, 3.63) is 64.5 Å². The van der Waals surface area contributed by atoms with Crippen LogP contribution in [0.4, 0.5) is 0 Å². The topological polar surface area (TPSA) is 24.9 Å². The summed E-state index contributed by atoms with van der Waals surface area (Å²) in [5, 5.41) is 3.38. The summed E-state index contributed by atoms with van der Waals surface area (Å²) in [7, 11) is 2.00. The Morgan fingerprint density at radius 3 is 2.37 bits per heavy atom. The van der Waals surface area contributed by atoms with Crippen LogP contribution in [0.15, 0.2) is 36.5 Å². The van der Waals surface area contributed by atoms with E-state index in [1.54, 1.807) is 0 Å². The lowest BCUT2D eigenvalue weighted by molar-refractivity contribution is 0.572. The molecule has 2 nitrogen and oxygen atoms in total. The quantitative estimate of drug-likeness (QED) is 0.903. The zero-order chi connectivity index (χ0) is 13.8. The van der Waals surface area contributed by atoms with Gasteiger partial charge < -0.3 is 5.32 Å². The Bertz CT molecular complexity index is 541. The maximum atomic E-state index is 4.53. The van der Waals surface area contributed by atoms with Crippen molar-refractivity contribution in [2.45, 2.75) is 33.2 Å². The highest BCUT2D eigenvalue weighted by Crippen LogP contribution is 2.20. The van der Waals surface area contributed by atoms with Crippen LogP contribution in [-0.4, -0.2) is 12.0 Å². The summed E-state index contributed by atoms with van der Waals surface area (Å²) < 4.78 is 0. The fourth-order valence-corrected chi connectivity index (χ4v) is 2.62. The van der Waals surface area contributed by atoms with Crippen molar-refractivity contribution in [1.29, 1.82) is 0 Å². The third-order valence-electron chi connectivity index (χ3n) is 3.45. The Balaban J connectivity index is 2.26. The molecule has 0 spiro atoms. The Labute approximate surface area is 115 Å². The average molecular weight is 254 g/mol. The third kappa shape index (κ3) is 3.42. The zero-order valence-corrected chi connectivity index (χ0v) is 12.2. The molecule has 2 heteroatoms. The number of hydrogen-bond donors (Lipinski definition) is 1. The number of aryl methyl sites for hydroxylation is 3. The van der Waals surface area contributed by atoms with Gasteiger partial charge in [-0.05, 0) is 51.4 Å². The normalized spacial score (nSPS) is 12.4. The van der Waals surface area contributed by atoms with E-state index in [0.717, 1.165) is 12.1 Å². The molecular formula is C17H22N2.